The Kier molecular flexibility index (Phi) is 5.86. The van der Waals surface area contributed by atoms with Gasteiger partial charge >= 0.3 is 0 Å². The van der Waals surface area contributed by atoms with Gasteiger partial charge in [-0.3, -0.25) is 9.59 Å². The Labute approximate surface area is 133 Å². The molecule has 1 unspecified atom stereocenters. The highest BCUT2D eigenvalue weighted by molar-refractivity contribution is 7.12. The van der Waals surface area contributed by atoms with Crippen LogP contribution < -0.4 is 5.32 Å². The molecule has 0 fully saturated rings. The molecule has 1 aromatic heterocycles. The average molecular weight is 317 g/mol. The molecular formula is C17H19NO3S. The van der Waals surface area contributed by atoms with Crippen molar-refractivity contribution in [1.29, 1.82) is 0 Å². The summed E-state index contributed by atoms with van der Waals surface area (Å²) in [5.41, 5.74) is 1.65. The quantitative estimate of drug-likeness (QED) is 0.772. The van der Waals surface area contributed by atoms with Gasteiger partial charge in [-0.15, -0.1) is 11.3 Å². The number of thiophene rings is 1. The van der Waals surface area contributed by atoms with Crippen LogP contribution in [0.4, 0.5) is 0 Å². The molecule has 0 aliphatic carbocycles. The lowest BCUT2D eigenvalue weighted by Crippen LogP contribution is -2.28. The summed E-state index contributed by atoms with van der Waals surface area (Å²) in [5.74, 6) is -0.156. The number of hydrogen-bond donors (Lipinski definition) is 2. The van der Waals surface area contributed by atoms with E-state index in [-0.39, 0.29) is 24.2 Å². The standard InChI is InChI=1S/C17H19NO3S/c1-12(20)15-9-16(22-11-15)17(21)18-10-14(7-8-19)13-5-3-2-4-6-13/h2-6,9,11,14,19H,7-8,10H2,1H3,(H,18,21). The van der Waals surface area contributed by atoms with Crippen LogP contribution in [0, 0.1) is 0 Å². The summed E-state index contributed by atoms with van der Waals surface area (Å²) in [6.07, 6.45) is 0.591. The third-order valence-electron chi connectivity index (χ3n) is 3.49. The number of carbonyl (C=O) groups is 2. The molecule has 2 aromatic rings. The summed E-state index contributed by atoms with van der Waals surface area (Å²) in [7, 11) is 0. The molecule has 1 heterocycles. The minimum absolute atomic E-state index is 0.0438. The molecule has 2 N–H and O–H groups in total. The van der Waals surface area contributed by atoms with Gasteiger partial charge in [-0.1, -0.05) is 30.3 Å². The molecule has 22 heavy (non-hydrogen) atoms. The predicted molar refractivity (Wildman–Crippen MR) is 87.5 cm³/mol. The molecule has 5 heteroatoms. The number of amides is 1. The van der Waals surface area contributed by atoms with Gasteiger partial charge in [-0.2, -0.15) is 0 Å². The monoisotopic (exact) mass is 317 g/mol. The van der Waals surface area contributed by atoms with Crippen molar-refractivity contribution < 1.29 is 14.7 Å². The van der Waals surface area contributed by atoms with Crippen LogP contribution in [0.25, 0.3) is 0 Å². The number of aliphatic hydroxyl groups is 1. The van der Waals surface area contributed by atoms with Crippen molar-refractivity contribution in [2.24, 2.45) is 0 Å². The van der Waals surface area contributed by atoms with E-state index in [9.17, 15) is 14.7 Å². The highest BCUT2D eigenvalue weighted by atomic mass is 32.1. The Bertz CT molecular complexity index is 636. The number of Topliss-reactive ketones (excluding diaryl/α,β-unsaturated/α-hetero) is 1. The maximum atomic E-state index is 12.1. The van der Waals surface area contributed by atoms with Gasteiger partial charge in [-0.25, -0.2) is 0 Å². The van der Waals surface area contributed by atoms with Crippen LogP contribution >= 0.6 is 11.3 Å². The molecule has 1 atom stereocenters. The molecule has 0 spiro atoms. The van der Waals surface area contributed by atoms with Gasteiger partial charge in [0.25, 0.3) is 5.91 Å². The largest absolute Gasteiger partial charge is 0.396 e. The number of carbonyl (C=O) groups excluding carboxylic acids is 2. The van der Waals surface area contributed by atoms with Crippen molar-refractivity contribution in [3.05, 3.63) is 57.8 Å². The molecule has 0 saturated heterocycles. The first-order chi connectivity index (χ1) is 10.6. The van der Waals surface area contributed by atoms with E-state index in [1.165, 1.54) is 18.3 Å². The Balaban J connectivity index is 1.99. The Morgan fingerprint density at radius 2 is 2.00 bits per heavy atom. The summed E-state index contributed by atoms with van der Waals surface area (Å²) in [6, 6.07) is 11.4. The predicted octanol–water partition coefficient (Wildman–Crippen LogP) is 2.85. The second kappa shape index (κ2) is 7.87. The Hall–Kier alpha value is -1.98. The van der Waals surface area contributed by atoms with Crippen LogP contribution in [0.15, 0.2) is 41.8 Å². The van der Waals surface area contributed by atoms with E-state index in [1.54, 1.807) is 11.4 Å². The lowest BCUT2D eigenvalue weighted by atomic mass is 9.96. The van der Waals surface area contributed by atoms with Crippen LogP contribution in [-0.4, -0.2) is 29.9 Å². The molecule has 0 radical (unpaired) electrons. The minimum atomic E-state index is -0.184. The van der Waals surface area contributed by atoms with Crippen molar-refractivity contribution in [3.63, 3.8) is 0 Å². The topological polar surface area (TPSA) is 66.4 Å². The number of aliphatic hydroxyl groups excluding tert-OH is 1. The maximum absolute atomic E-state index is 12.1. The SMILES string of the molecule is CC(=O)c1csc(C(=O)NCC(CCO)c2ccccc2)c1. The number of rotatable bonds is 7. The molecule has 0 bridgehead atoms. The van der Waals surface area contributed by atoms with Crippen molar-refractivity contribution in [2.45, 2.75) is 19.3 Å². The summed E-state index contributed by atoms with van der Waals surface area (Å²) < 4.78 is 0. The van der Waals surface area contributed by atoms with Gasteiger partial charge < -0.3 is 10.4 Å². The Morgan fingerprint density at radius 1 is 1.27 bits per heavy atom. The van der Waals surface area contributed by atoms with Crippen molar-refractivity contribution in [2.75, 3.05) is 13.2 Å². The zero-order valence-corrected chi connectivity index (χ0v) is 13.2. The normalized spacial score (nSPS) is 11.9. The van der Waals surface area contributed by atoms with Crippen molar-refractivity contribution in [3.8, 4) is 0 Å². The summed E-state index contributed by atoms with van der Waals surface area (Å²) in [4.78, 5) is 23.9. The van der Waals surface area contributed by atoms with E-state index >= 15 is 0 Å². The fraction of sp³-hybridized carbons (Fsp3) is 0.294. The van der Waals surface area contributed by atoms with E-state index in [0.29, 0.717) is 23.4 Å². The minimum Gasteiger partial charge on any atom is -0.396 e. The summed E-state index contributed by atoms with van der Waals surface area (Å²) in [6.45, 7) is 2.01. The first-order valence-corrected chi connectivity index (χ1v) is 8.03. The van der Waals surface area contributed by atoms with Crippen molar-refractivity contribution >= 4 is 23.0 Å². The second-order valence-corrected chi connectivity index (χ2v) is 6.00. The van der Waals surface area contributed by atoms with Crippen LogP contribution in [0.2, 0.25) is 0 Å². The summed E-state index contributed by atoms with van der Waals surface area (Å²) in [5, 5.41) is 13.8. The van der Waals surface area contributed by atoms with Crippen LogP contribution in [0.3, 0.4) is 0 Å². The third kappa shape index (κ3) is 4.26. The van der Waals surface area contributed by atoms with Crippen LogP contribution in [0.1, 0.15) is 44.9 Å². The number of hydrogen-bond acceptors (Lipinski definition) is 4. The second-order valence-electron chi connectivity index (χ2n) is 5.09. The van der Waals surface area contributed by atoms with E-state index in [4.69, 9.17) is 0 Å². The molecule has 0 saturated carbocycles. The van der Waals surface area contributed by atoms with E-state index < -0.39 is 0 Å². The molecular weight excluding hydrogens is 298 g/mol. The van der Waals surface area contributed by atoms with Gasteiger partial charge in [-0.05, 0) is 25.0 Å². The lowest BCUT2D eigenvalue weighted by molar-refractivity contribution is 0.0953. The molecule has 0 aliphatic rings. The van der Waals surface area contributed by atoms with E-state index in [0.717, 1.165) is 5.56 Å². The van der Waals surface area contributed by atoms with Gasteiger partial charge in [0, 0.05) is 30.0 Å². The van der Waals surface area contributed by atoms with E-state index in [1.807, 2.05) is 30.3 Å². The number of benzene rings is 1. The fourth-order valence-electron chi connectivity index (χ4n) is 2.21. The molecule has 1 amide bonds. The van der Waals surface area contributed by atoms with E-state index in [2.05, 4.69) is 5.32 Å². The van der Waals surface area contributed by atoms with Crippen LogP contribution in [-0.2, 0) is 0 Å². The average Bonchev–Trinajstić information content (AvgIpc) is 3.02. The number of ketones is 1. The first-order valence-electron chi connectivity index (χ1n) is 7.15. The maximum Gasteiger partial charge on any atom is 0.261 e. The Morgan fingerprint density at radius 3 is 2.59 bits per heavy atom. The highest BCUT2D eigenvalue weighted by Crippen LogP contribution is 2.19. The molecule has 0 aliphatic heterocycles. The van der Waals surface area contributed by atoms with Crippen molar-refractivity contribution in [1.82, 2.24) is 5.32 Å². The van der Waals surface area contributed by atoms with Gasteiger partial charge in [0.15, 0.2) is 5.78 Å². The third-order valence-corrected chi connectivity index (χ3v) is 4.42. The first kappa shape index (κ1) is 16.4. The zero-order valence-electron chi connectivity index (χ0n) is 12.4. The number of nitrogens with one attached hydrogen (secondary N) is 1. The fourth-order valence-corrected chi connectivity index (χ4v) is 3.07. The molecule has 116 valence electrons. The van der Waals surface area contributed by atoms with Gasteiger partial charge in [0.2, 0.25) is 0 Å². The van der Waals surface area contributed by atoms with Crippen LogP contribution in [0.5, 0.6) is 0 Å². The van der Waals surface area contributed by atoms with Gasteiger partial charge in [0.05, 0.1) is 4.88 Å². The molecule has 2 rings (SSSR count). The molecule has 1 aromatic carbocycles. The molecule has 4 nitrogen and oxygen atoms in total. The summed E-state index contributed by atoms with van der Waals surface area (Å²) >= 11 is 1.26. The highest BCUT2D eigenvalue weighted by Gasteiger charge is 2.15. The lowest BCUT2D eigenvalue weighted by Gasteiger charge is -2.16. The zero-order chi connectivity index (χ0) is 15.9. The smallest absolute Gasteiger partial charge is 0.261 e. The van der Waals surface area contributed by atoms with Gasteiger partial charge in [0.1, 0.15) is 0 Å².